The summed E-state index contributed by atoms with van der Waals surface area (Å²) in [5.41, 5.74) is 0.404. The minimum atomic E-state index is -0.822. The Hall–Kier alpha value is -2.38. The van der Waals surface area contributed by atoms with Gasteiger partial charge in [-0.3, -0.25) is 9.59 Å². The van der Waals surface area contributed by atoms with Crippen LogP contribution in [-0.2, 0) is 4.79 Å². The predicted octanol–water partition coefficient (Wildman–Crippen LogP) is 4.51. The van der Waals surface area contributed by atoms with Crippen molar-refractivity contribution < 1.29 is 19.1 Å². The highest BCUT2D eigenvalue weighted by atomic mass is 79.9. The minimum Gasteiger partial charge on any atom is -0.488 e. The van der Waals surface area contributed by atoms with E-state index < -0.39 is 11.9 Å². The fourth-order valence-electron chi connectivity index (χ4n) is 3.00. The summed E-state index contributed by atoms with van der Waals surface area (Å²) >= 11 is 9.52. The van der Waals surface area contributed by atoms with E-state index in [-0.39, 0.29) is 22.9 Å². The van der Waals surface area contributed by atoms with Crippen molar-refractivity contribution >= 4 is 44.5 Å². The number of carbonyl (C=O) groups is 1. The Morgan fingerprint density at radius 1 is 1.33 bits per heavy atom. The van der Waals surface area contributed by atoms with Crippen molar-refractivity contribution in [2.75, 3.05) is 0 Å². The van der Waals surface area contributed by atoms with Crippen molar-refractivity contribution in [3.8, 4) is 17.2 Å². The van der Waals surface area contributed by atoms with Crippen LogP contribution in [0.1, 0.15) is 12.8 Å². The van der Waals surface area contributed by atoms with Crippen molar-refractivity contribution in [2.24, 2.45) is 5.92 Å². The molecule has 2 heterocycles. The van der Waals surface area contributed by atoms with Gasteiger partial charge in [0.25, 0.3) is 0 Å². The Morgan fingerprint density at radius 2 is 2.11 bits per heavy atom. The van der Waals surface area contributed by atoms with Crippen molar-refractivity contribution in [1.29, 1.82) is 0 Å². The predicted molar refractivity (Wildman–Crippen MR) is 103 cm³/mol. The Balaban J connectivity index is 1.74. The molecular formula is C19H13BrClNO5. The zero-order chi connectivity index (χ0) is 19.1. The molecule has 1 fully saturated rings. The van der Waals surface area contributed by atoms with E-state index in [9.17, 15) is 9.59 Å². The van der Waals surface area contributed by atoms with Crippen LogP contribution in [0.3, 0.4) is 0 Å². The van der Waals surface area contributed by atoms with Crippen molar-refractivity contribution in [2.45, 2.75) is 18.9 Å². The summed E-state index contributed by atoms with van der Waals surface area (Å²) < 4.78 is 12.5. The standard InChI is InChI=1S/C19H13BrClNO5/c20-10-6-15(26-11-4-9(5-11)19(24)25)17(22-8-10)16-7-14(23)12-2-1-3-13(21)18(12)27-16/h1-3,6-9,11H,4-5H2,(H,24,25)/t9-,11-. The number of rotatable bonds is 4. The molecule has 0 aliphatic heterocycles. The molecule has 0 radical (unpaired) electrons. The molecule has 0 amide bonds. The van der Waals surface area contributed by atoms with Crippen LogP contribution in [0.25, 0.3) is 22.4 Å². The largest absolute Gasteiger partial charge is 0.488 e. The number of carboxylic acid groups (broad SMARTS) is 1. The number of hydrogen-bond donors (Lipinski definition) is 1. The quantitative estimate of drug-likeness (QED) is 0.629. The van der Waals surface area contributed by atoms with Crippen LogP contribution < -0.4 is 10.2 Å². The van der Waals surface area contributed by atoms with Gasteiger partial charge in [0.15, 0.2) is 16.8 Å². The summed E-state index contributed by atoms with van der Waals surface area (Å²) in [6.07, 6.45) is 2.19. The first-order valence-corrected chi connectivity index (χ1v) is 9.37. The second kappa shape index (κ2) is 6.98. The number of aromatic nitrogens is 1. The van der Waals surface area contributed by atoms with Crippen molar-refractivity contribution in [3.05, 3.63) is 56.2 Å². The third-order valence-electron chi connectivity index (χ3n) is 4.50. The van der Waals surface area contributed by atoms with E-state index in [1.54, 1.807) is 30.5 Å². The topological polar surface area (TPSA) is 89.6 Å². The van der Waals surface area contributed by atoms with E-state index in [1.165, 1.54) is 6.07 Å². The molecule has 1 N–H and O–H groups in total. The van der Waals surface area contributed by atoms with Gasteiger partial charge in [0.2, 0.25) is 0 Å². The van der Waals surface area contributed by atoms with Crippen LogP contribution in [0.4, 0.5) is 0 Å². The Kier molecular flexibility index (Phi) is 4.65. The fraction of sp³-hybridized carbons (Fsp3) is 0.211. The molecule has 6 nitrogen and oxygen atoms in total. The zero-order valence-electron chi connectivity index (χ0n) is 13.8. The average molecular weight is 451 g/mol. The number of carboxylic acids is 1. The lowest BCUT2D eigenvalue weighted by Crippen LogP contribution is -2.38. The first-order valence-electron chi connectivity index (χ1n) is 8.20. The molecule has 0 spiro atoms. The van der Waals surface area contributed by atoms with Crippen molar-refractivity contribution in [3.63, 3.8) is 0 Å². The minimum absolute atomic E-state index is 0.225. The molecule has 3 aromatic rings. The highest BCUT2D eigenvalue weighted by Crippen LogP contribution is 2.37. The summed E-state index contributed by atoms with van der Waals surface area (Å²) in [5, 5.41) is 9.72. The maximum atomic E-state index is 12.4. The third-order valence-corrected chi connectivity index (χ3v) is 5.23. The van der Waals surface area contributed by atoms with Gasteiger partial charge in [0, 0.05) is 16.7 Å². The normalized spacial score (nSPS) is 18.9. The summed E-state index contributed by atoms with van der Waals surface area (Å²) in [5.74, 6) is -0.571. The second-order valence-electron chi connectivity index (χ2n) is 6.34. The molecule has 8 heteroatoms. The van der Waals surface area contributed by atoms with E-state index in [0.29, 0.717) is 39.2 Å². The van der Waals surface area contributed by atoms with Gasteiger partial charge in [-0.25, -0.2) is 4.98 Å². The maximum absolute atomic E-state index is 12.4. The number of fused-ring (bicyclic) bond motifs is 1. The summed E-state index contributed by atoms with van der Waals surface area (Å²) in [7, 11) is 0. The number of nitrogens with zero attached hydrogens (tertiary/aromatic N) is 1. The van der Waals surface area contributed by atoms with Gasteiger partial charge in [0.1, 0.15) is 17.5 Å². The summed E-state index contributed by atoms with van der Waals surface area (Å²) in [6, 6.07) is 8.03. The molecule has 0 saturated heterocycles. The monoisotopic (exact) mass is 449 g/mol. The molecule has 1 aliphatic rings. The molecule has 4 rings (SSSR count). The number of benzene rings is 1. The molecule has 1 aliphatic carbocycles. The van der Waals surface area contributed by atoms with Crippen LogP contribution >= 0.6 is 27.5 Å². The van der Waals surface area contributed by atoms with Gasteiger partial charge in [-0.05, 0) is 47.0 Å². The van der Waals surface area contributed by atoms with E-state index in [2.05, 4.69) is 20.9 Å². The number of pyridine rings is 1. The first kappa shape index (κ1) is 18.0. The van der Waals surface area contributed by atoms with Crippen molar-refractivity contribution in [1.82, 2.24) is 4.98 Å². The zero-order valence-corrected chi connectivity index (χ0v) is 16.2. The lowest BCUT2D eigenvalue weighted by molar-refractivity contribution is -0.147. The molecule has 0 bridgehead atoms. The Bertz CT molecular complexity index is 1110. The number of hydrogen-bond acceptors (Lipinski definition) is 5. The SMILES string of the molecule is O=c1cc(-c2ncc(Br)cc2O[C@H]2C[C@H](C(=O)O)C2)oc2c(Cl)cccc12. The van der Waals surface area contributed by atoms with Crippen LogP contribution in [0.5, 0.6) is 5.75 Å². The third kappa shape index (κ3) is 3.44. The number of halogens is 2. The van der Waals surface area contributed by atoms with Gasteiger partial charge in [-0.2, -0.15) is 0 Å². The van der Waals surface area contributed by atoms with E-state index in [1.807, 2.05) is 0 Å². The highest BCUT2D eigenvalue weighted by molar-refractivity contribution is 9.10. The summed E-state index contributed by atoms with van der Waals surface area (Å²) in [4.78, 5) is 27.8. The molecule has 0 unspecified atom stereocenters. The number of para-hydroxylation sites is 1. The average Bonchev–Trinajstić information content (AvgIpc) is 2.58. The van der Waals surface area contributed by atoms with E-state index in [0.717, 1.165) is 0 Å². The van der Waals surface area contributed by atoms with E-state index >= 15 is 0 Å². The second-order valence-corrected chi connectivity index (χ2v) is 7.66. The Morgan fingerprint density at radius 3 is 2.85 bits per heavy atom. The Labute approximate surface area is 166 Å². The first-order chi connectivity index (χ1) is 12.9. The summed E-state index contributed by atoms with van der Waals surface area (Å²) in [6.45, 7) is 0. The number of aliphatic carboxylic acids is 1. The molecule has 2 aromatic heterocycles. The maximum Gasteiger partial charge on any atom is 0.306 e. The van der Waals surface area contributed by atoms with Crippen LogP contribution in [0.15, 0.2) is 50.2 Å². The van der Waals surface area contributed by atoms with Gasteiger partial charge in [0.05, 0.1) is 16.3 Å². The van der Waals surface area contributed by atoms with Crippen LogP contribution in [0, 0.1) is 5.92 Å². The van der Waals surface area contributed by atoms with Gasteiger partial charge < -0.3 is 14.3 Å². The molecule has 1 aromatic carbocycles. The highest BCUT2D eigenvalue weighted by Gasteiger charge is 2.36. The van der Waals surface area contributed by atoms with Crippen LogP contribution in [0.2, 0.25) is 5.02 Å². The smallest absolute Gasteiger partial charge is 0.306 e. The molecule has 0 atom stereocenters. The van der Waals surface area contributed by atoms with Gasteiger partial charge in [-0.1, -0.05) is 17.7 Å². The lowest BCUT2D eigenvalue weighted by Gasteiger charge is -2.32. The number of ether oxygens (including phenoxy) is 1. The molecule has 27 heavy (non-hydrogen) atoms. The van der Waals surface area contributed by atoms with E-state index in [4.69, 9.17) is 25.9 Å². The van der Waals surface area contributed by atoms with Crippen LogP contribution in [-0.4, -0.2) is 22.2 Å². The van der Waals surface area contributed by atoms with Gasteiger partial charge in [-0.15, -0.1) is 0 Å². The lowest BCUT2D eigenvalue weighted by atomic mass is 9.82. The molecule has 1 saturated carbocycles. The fourth-order valence-corrected chi connectivity index (χ4v) is 3.52. The molecule has 138 valence electrons. The van der Waals surface area contributed by atoms with Gasteiger partial charge >= 0.3 is 5.97 Å². The molecular weight excluding hydrogens is 438 g/mol.